The highest BCUT2D eigenvalue weighted by molar-refractivity contribution is 9.10. The third-order valence-corrected chi connectivity index (χ3v) is 7.15. The van der Waals surface area contributed by atoms with Gasteiger partial charge in [-0.05, 0) is 55.7 Å². The van der Waals surface area contributed by atoms with Gasteiger partial charge in [0.05, 0.1) is 11.1 Å². The first kappa shape index (κ1) is 28.2. The van der Waals surface area contributed by atoms with E-state index in [0.29, 0.717) is 24.0 Å². The molecule has 3 aromatic rings. The largest absolute Gasteiger partial charge is 0.352 e. The van der Waals surface area contributed by atoms with Crippen LogP contribution in [0.5, 0.6) is 0 Å². The van der Waals surface area contributed by atoms with E-state index in [1.165, 1.54) is 4.90 Å². The summed E-state index contributed by atoms with van der Waals surface area (Å²) in [5, 5.41) is 2.98. The average Bonchev–Trinajstić information content (AvgIpc) is 3.16. The minimum atomic E-state index is -0.731. The van der Waals surface area contributed by atoms with Gasteiger partial charge in [-0.1, -0.05) is 70.5 Å². The summed E-state index contributed by atoms with van der Waals surface area (Å²) in [5.74, 6) is -1.12. The minimum absolute atomic E-state index is 0.0875. The van der Waals surface area contributed by atoms with Crippen molar-refractivity contribution in [3.05, 3.63) is 106 Å². The Balaban J connectivity index is 1.54. The smallest absolute Gasteiger partial charge is 0.261 e. The van der Waals surface area contributed by atoms with Crippen LogP contribution in [0.1, 0.15) is 58.5 Å². The third-order valence-electron chi connectivity index (χ3n) is 6.62. The Kier molecular flexibility index (Phi) is 9.30. The zero-order chi connectivity index (χ0) is 27.9. The van der Waals surface area contributed by atoms with Gasteiger partial charge in [-0.2, -0.15) is 0 Å². The Morgan fingerprint density at radius 2 is 1.44 bits per heavy atom. The second-order valence-corrected chi connectivity index (χ2v) is 10.8. The molecule has 202 valence electrons. The number of amides is 4. The number of imide groups is 1. The number of fused-ring (bicyclic) bond motifs is 1. The molecular formula is C31H32BrN3O4. The van der Waals surface area contributed by atoms with Crippen LogP contribution in [-0.4, -0.2) is 52.1 Å². The van der Waals surface area contributed by atoms with Crippen LogP contribution in [-0.2, 0) is 22.6 Å². The maximum absolute atomic E-state index is 13.7. The van der Waals surface area contributed by atoms with Crippen molar-refractivity contribution in [2.75, 3.05) is 6.54 Å². The summed E-state index contributed by atoms with van der Waals surface area (Å²) >= 11 is 3.45. The number of nitrogens with one attached hydrogen (secondary N) is 1. The van der Waals surface area contributed by atoms with Crippen molar-refractivity contribution >= 4 is 39.6 Å². The second kappa shape index (κ2) is 12.8. The van der Waals surface area contributed by atoms with Gasteiger partial charge in [-0.15, -0.1) is 0 Å². The number of benzene rings is 3. The Hall–Kier alpha value is -3.78. The summed E-state index contributed by atoms with van der Waals surface area (Å²) in [6.45, 7) is 4.16. The highest BCUT2D eigenvalue weighted by atomic mass is 79.9. The molecule has 1 aliphatic heterocycles. The molecule has 39 heavy (non-hydrogen) atoms. The van der Waals surface area contributed by atoms with Gasteiger partial charge < -0.3 is 10.2 Å². The van der Waals surface area contributed by atoms with Crippen molar-refractivity contribution in [3.8, 4) is 0 Å². The fourth-order valence-electron chi connectivity index (χ4n) is 4.70. The van der Waals surface area contributed by atoms with Crippen LogP contribution < -0.4 is 5.32 Å². The van der Waals surface area contributed by atoms with Crippen LogP contribution in [0.25, 0.3) is 0 Å². The fourth-order valence-corrected chi connectivity index (χ4v) is 4.96. The molecule has 0 aliphatic carbocycles. The molecule has 1 heterocycles. The van der Waals surface area contributed by atoms with Crippen LogP contribution in [0.15, 0.2) is 83.3 Å². The van der Waals surface area contributed by atoms with E-state index in [1.54, 1.807) is 29.2 Å². The molecule has 0 spiro atoms. The quantitative estimate of drug-likeness (QED) is 0.319. The van der Waals surface area contributed by atoms with E-state index in [2.05, 4.69) is 21.2 Å². The van der Waals surface area contributed by atoms with Crippen molar-refractivity contribution in [3.63, 3.8) is 0 Å². The number of carbonyl (C=O) groups excluding carboxylic acids is 4. The number of carbonyl (C=O) groups is 4. The molecule has 0 saturated carbocycles. The van der Waals surface area contributed by atoms with E-state index in [1.807, 2.05) is 68.4 Å². The highest BCUT2D eigenvalue weighted by Crippen LogP contribution is 2.23. The second-order valence-electron chi connectivity index (χ2n) is 9.93. The molecule has 1 N–H and O–H groups in total. The molecule has 4 rings (SSSR count). The van der Waals surface area contributed by atoms with Gasteiger partial charge >= 0.3 is 0 Å². The van der Waals surface area contributed by atoms with Gasteiger partial charge in [-0.25, -0.2) is 0 Å². The Morgan fingerprint density at radius 3 is 2.03 bits per heavy atom. The molecule has 1 atom stereocenters. The van der Waals surface area contributed by atoms with Crippen molar-refractivity contribution in [2.24, 2.45) is 0 Å². The molecule has 1 aliphatic rings. The van der Waals surface area contributed by atoms with Crippen molar-refractivity contribution in [2.45, 2.75) is 51.7 Å². The van der Waals surface area contributed by atoms with E-state index in [-0.39, 0.29) is 49.2 Å². The Morgan fingerprint density at radius 1 is 0.846 bits per heavy atom. The highest BCUT2D eigenvalue weighted by Gasteiger charge is 2.35. The van der Waals surface area contributed by atoms with Crippen LogP contribution in [0.2, 0.25) is 0 Å². The van der Waals surface area contributed by atoms with Gasteiger partial charge in [0.15, 0.2) is 0 Å². The van der Waals surface area contributed by atoms with Crippen molar-refractivity contribution in [1.82, 2.24) is 15.1 Å². The summed E-state index contributed by atoms with van der Waals surface area (Å²) in [5.41, 5.74) is 2.61. The van der Waals surface area contributed by atoms with Crippen LogP contribution >= 0.6 is 15.9 Å². The zero-order valence-electron chi connectivity index (χ0n) is 22.1. The molecule has 4 amide bonds. The summed E-state index contributed by atoms with van der Waals surface area (Å²) < 4.78 is 0.920. The lowest BCUT2D eigenvalue weighted by Crippen LogP contribution is -2.51. The molecular weight excluding hydrogens is 558 g/mol. The predicted molar refractivity (Wildman–Crippen MR) is 153 cm³/mol. The standard InChI is InChI=1S/C31H32BrN3O4/c1-21(2)33-29(37)27(19-22-9-4-3-5-10-22)35(20-23-14-16-24(32)17-15-23)28(36)13-8-18-34-30(38)25-11-6-7-12-26(25)31(34)39/h3-7,9-12,14-17,21,27H,8,13,18-20H2,1-2H3,(H,33,37)/t27-/m1/s1. The van der Waals surface area contributed by atoms with Gasteiger partial charge in [0.2, 0.25) is 11.8 Å². The van der Waals surface area contributed by atoms with Gasteiger partial charge in [0.1, 0.15) is 6.04 Å². The predicted octanol–water partition coefficient (Wildman–Crippen LogP) is 4.99. The van der Waals surface area contributed by atoms with E-state index in [9.17, 15) is 19.2 Å². The lowest BCUT2D eigenvalue weighted by Gasteiger charge is -2.32. The first-order chi connectivity index (χ1) is 18.7. The normalized spacial score (nSPS) is 13.4. The van der Waals surface area contributed by atoms with Gasteiger partial charge in [-0.3, -0.25) is 24.1 Å². The number of hydrogen-bond donors (Lipinski definition) is 1. The zero-order valence-corrected chi connectivity index (χ0v) is 23.7. The summed E-state index contributed by atoms with van der Waals surface area (Å²) in [6, 6.07) is 23.2. The molecule has 0 bridgehead atoms. The Labute approximate surface area is 237 Å². The number of hydrogen-bond acceptors (Lipinski definition) is 4. The van der Waals surface area contributed by atoms with Crippen molar-refractivity contribution in [1.29, 1.82) is 0 Å². The van der Waals surface area contributed by atoms with Gasteiger partial charge in [0.25, 0.3) is 11.8 Å². The third kappa shape index (κ3) is 7.00. The lowest BCUT2D eigenvalue weighted by molar-refractivity contribution is -0.141. The summed E-state index contributed by atoms with van der Waals surface area (Å²) in [4.78, 5) is 55.5. The first-order valence-corrected chi connectivity index (χ1v) is 13.9. The molecule has 0 saturated heterocycles. The SMILES string of the molecule is CC(C)NC(=O)[C@@H](Cc1ccccc1)N(Cc1ccc(Br)cc1)C(=O)CCCN1C(=O)c2ccccc2C1=O. The summed E-state index contributed by atoms with van der Waals surface area (Å²) in [6.07, 6.45) is 0.745. The van der Waals surface area contributed by atoms with Crippen LogP contribution in [0.4, 0.5) is 0 Å². The van der Waals surface area contributed by atoms with Crippen LogP contribution in [0.3, 0.4) is 0 Å². The summed E-state index contributed by atoms with van der Waals surface area (Å²) in [7, 11) is 0. The number of halogens is 1. The fraction of sp³-hybridized carbons (Fsp3) is 0.290. The molecule has 7 nitrogen and oxygen atoms in total. The maximum atomic E-state index is 13.7. The van der Waals surface area contributed by atoms with E-state index in [0.717, 1.165) is 15.6 Å². The number of rotatable bonds is 11. The topological polar surface area (TPSA) is 86.8 Å². The first-order valence-electron chi connectivity index (χ1n) is 13.1. The lowest BCUT2D eigenvalue weighted by atomic mass is 10.0. The molecule has 0 unspecified atom stereocenters. The maximum Gasteiger partial charge on any atom is 0.261 e. The van der Waals surface area contributed by atoms with E-state index >= 15 is 0 Å². The monoisotopic (exact) mass is 589 g/mol. The van der Waals surface area contributed by atoms with Gasteiger partial charge in [0, 0.05) is 36.4 Å². The average molecular weight is 591 g/mol. The molecule has 0 aromatic heterocycles. The minimum Gasteiger partial charge on any atom is -0.352 e. The molecule has 0 radical (unpaired) electrons. The molecule has 8 heteroatoms. The van der Waals surface area contributed by atoms with Crippen LogP contribution in [0, 0.1) is 0 Å². The Bertz CT molecular complexity index is 1310. The van der Waals surface area contributed by atoms with E-state index < -0.39 is 6.04 Å². The molecule has 3 aromatic carbocycles. The van der Waals surface area contributed by atoms with Crippen molar-refractivity contribution < 1.29 is 19.2 Å². The van der Waals surface area contributed by atoms with E-state index in [4.69, 9.17) is 0 Å². The molecule has 0 fully saturated rings. The number of nitrogens with zero attached hydrogens (tertiary/aromatic N) is 2.